The van der Waals surface area contributed by atoms with E-state index in [-0.39, 0.29) is 17.5 Å². The van der Waals surface area contributed by atoms with Crippen LogP contribution in [0.1, 0.15) is 18.7 Å². The van der Waals surface area contributed by atoms with Crippen LogP contribution in [0.15, 0.2) is 53.6 Å². The molecule has 1 heterocycles. The number of carbonyl (C=O) groups excluding carboxylic acids is 1. The molecular weight excluding hydrogens is 350 g/mol. The van der Waals surface area contributed by atoms with E-state index in [1.165, 1.54) is 31.3 Å². The number of halogens is 1. The molecule has 0 aliphatic heterocycles. The van der Waals surface area contributed by atoms with Crippen molar-refractivity contribution >= 4 is 27.5 Å². The summed E-state index contributed by atoms with van der Waals surface area (Å²) >= 11 is 5.76. The monoisotopic (exact) mass is 367 g/mol. The van der Waals surface area contributed by atoms with Gasteiger partial charge in [-0.3, -0.25) is 9.78 Å². The van der Waals surface area contributed by atoms with Crippen LogP contribution in [0.2, 0.25) is 5.02 Å². The van der Waals surface area contributed by atoms with Crippen molar-refractivity contribution < 1.29 is 13.2 Å². The van der Waals surface area contributed by atoms with Gasteiger partial charge < -0.3 is 5.32 Å². The van der Waals surface area contributed by atoms with Gasteiger partial charge >= 0.3 is 0 Å². The highest BCUT2D eigenvalue weighted by Gasteiger charge is 2.23. The van der Waals surface area contributed by atoms with Crippen LogP contribution in [0.3, 0.4) is 0 Å². The van der Waals surface area contributed by atoms with E-state index in [0.29, 0.717) is 10.7 Å². The molecule has 2 aromatic rings. The van der Waals surface area contributed by atoms with Crippen LogP contribution < -0.4 is 5.32 Å². The smallest absolute Gasteiger partial charge is 0.243 e. The molecule has 1 aromatic carbocycles. The average Bonchev–Trinajstić information content (AvgIpc) is 2.55. The highest BCUT2D eigenvalue weighted by atomic mass is 35.5. The van der Waals surface area contributed by atoms with Gasteiger partial charge in [0.1, 0.15) is 0 Å². The van der Waals surface area contributed by atoms with E-state index in [0.717, 1.165) is 4.31 Å². The summed E-state index contributed by atoms with van der Waals surface area (Å²) < 4.78 is 25.8. The zero-order chi connectivity index (χ0) is 17.7. The van der Waals surface area contributed by atoms with E-state index >= 15 is 0 Å². The van der Waals surface area contributed by atoms with E-state index in [9.17, 15) is 13.2 Å². The van der Waals surface area contributed by atoms with Crippen LogP contribution in [0.4, 0.5) is 0 Å². The van der Waals surface area contributed by atoms with Gasteiger partial charge in [-0.25, -0.2) is 8.42 Å². The number of likely N-dealkylation sites (N-methyl/N-ethyl adjacent to an activating group) is 1. The second-order valence-electron chi connectivity index (χ2n) is 5.26. The normalized spacial score (nSPS) is 12.8. The van der Waals surface area contributed by atoms with Crippen LogP contribution in [-0.4, -0.2) is 37.2 Å². The van der Waals surface area contributed by atoms with E-state index < -0.39 is 15.9 Å². The molecule has 0 aliphatic carbocycles. The van der Waals surface area contributed by atoms with E-state index in [1.54, 1.807) is 25.3 Å². The second kappa shape index (κ2) is 7.74. The minimum atomic E-state index is -3.75. The Morgan fingerprint density at radius 1 is 1.25 bits per heavy atom. The molecule has 1 amide bonds. The number of hydrogen-bond donors (Lipinski definition) is 1. The maximum absolute atomic E-state index is 12.4. The van der Waals surface area contributed by atoms with Crippen molar-refractivity contribution in [2.75, 3.05) is 13.6 Å². The molecule has 6 nitrogen and oxygen atoms in total. The number of nitrogens with zero attached hydrogens (tertiary/aromatic N) is 2. The number of hydrogen-bond acceptors (Lipinski definition) is 4. The van der Waals surface area contributed by atoms with Gasteiger partial charge in [0.25, 0.3) is 0 Å². The van der Waals surface area contributed by atoms with Crippen LogP contribution in [0.5, 0.6) is 0 Å². The lowest BCUT2D eigenvalue weighted by Crippen LogP contribution is -2.39. The van der Waals surface area contributed by atoms with Crippen LogP contribution in [0.25, 0.3) is 0 Å². The Kier molecular flexibility index (Phi) is 5.93. The number of pyridine rings is 1. The minimum Gasteiger partial charge on any atom is -0.347 e. The van der Waals surface area contributed by atoms with Crippen molar-refractivity contribution in [2.24, 2.45) is 0 Å². The van der Waals surface area contributed by atoms with Crippen molar-refractivity contribution in [1.82, 2.24) is 14.6 Å². The SMILES string of the molecule is CC(NC(=O)CN(C)S(=O)(=O)c1ccc(Cl)cc1)c1ccccn1. The third kappa shape index (κ3) is 4.53. The molecule has 128 valence electrons. The van der Waals surface area contributed by atoms with Crippen molar-refractivity contribution in [3.63, 3.8) is 0 Å². The highest BCUT2D eigenvalue weighted by Crippen LogP contribution is 2.17. The number of rotatable bonds is 6. The minimum absolute atomic E-state index is 0.0833. The van der Waals surface area contributed by atoms with E-state index in [4.69, 9.17) is 11.6 Å². The molecule has 0 saturated carbocycles. The summed E-state index contributed by atoms with van der Waals surface area (Å²) in [5, 5.41) is 3.17. The standard InChI is InChI=1S/C16H18ClN3O3S/c1-12(15-5-3-4-10-18-15)19-16(21)11-20(2)24(22,23)14-8-6-13(17)7-9-14/h3-10,12H,11H2,1-2H3,(H,19,21). The van der Waals surface area contributed by atoms with Crippen molar-refractivity contribution in [3.05, 3.63) is 59.4 Å². The van der Waals surface area contributed by atoms with Gasteiger partial charge in [0.05, 0.1) is 23.2 Å². The van der Waals surface area contributed by atoms with E-state index in [2.05, 4.69) is 10.3 Å². The topological polar surface area (TPSA) is 79.4 Å². The fourth-order valence-corrected chi connectivity index (χ4v) is 3.32. The molecule has 0 spiro atoms. The maximum atomic E-state index is 12.4. The lowest BCUT2D eigenvalue weighted by molar-refractivity contribution is -0.121. The predicted molar refractivity (Wildman–Crippen MR) is 92.1 cm³/mol. The quantitative estimate of drug-likeness (QED) is 0.849. The third-order valence-electron chi connectivity index (χ3n) is 3.40. The fraction of sp³-hybridized carbons (Fsp3) is 0.250. The van der Waals surface area contributed by atoms with Gasteiger partial charge in [0.15, 0.2) is 0 Å². The molecule has 1 aromatic heterocycles. The number of amides is 1. The Bertz CT molecular complexity index is 795. The first-order valence-corrected chi connectivity index (χ1v) is 9.04. The molecule has 24 heavy (non-hydrogen) atoms. The van der Waals surface area contributed by atoms with Crippen molar-refractivity contribution in [3.8, 4) is 0 Å². The molecule has 0 bridgehead atoms. The third-order valence-corrected chi connectivity index (χ3v) is 5.47. The molecule has 8 heteroatoms. The average molecular weight is 368 g/mol. The molecule has 2 rings (SSSR count). The van der Waals surface area contributed by atoms with Crippen molar-refractivity contribution in [1.29, 1.82) is 0 Å². The van der Waals surface area contributed by atoms with Gasteiger partial charge in [0, 0.05) is 18.3 Å². The molecule has 1 atom stereocenters. The molecule has 0 aliphatic rings. The first-order valence-electron chi connectivity index (χ1n) is 7.23. The zero-order valence-electron chi connectivity index (χ0n) is 13.3. The Labute approximate surface area is 146 Å². The summed E-state index contributed by atoms with van der Waals surface area (Å²) in [5.74, 6) is -0.409. The molecule has 1 unspecified atom stereocenters. The number of sulfonamides is 1. The van der Waals surface area contributed by atoms with Gasteiger partial charge in [-0.05, 0) is 43.3 Å². The molecule has 0 radical (unpaired) electrons. The highest BCUT2D eigenvalue weighted by molar-refractivity contribution is 7.89. The molecule has 0 saturated heterocycles. The molecular formula is C16H18ClN3O3S. The Morgan fingerprint density at radius 2 is 1.92 bits per heavy atom. The fourth-order valence-electron chi connectivity index (χ4n) is 2.07. The second-order valence-corrected chi connectivity index (χ2v) is 7.74. The van der Waals surface area contributed by atoms with Gasteiger partial charge in [-0.1, -0.05) is 17.7 Å². The van der Waals surface area contributed by atoms with Gasteiger partial charge in [0.2, 0.25) is 15.9 Å². The van der Waals surface area contributed by atoms with Gasteiger partial charge in [-0.15, -0.1) is 0 Å². The summed E-state index contributed by atoms with van der Waals surface area (Å²) in [6.45, 7) is 1.50. The maximum Gasteiger partial charge on any atom is 0.243 e. The summed E-state index contributed by atoms with van der Waals surface area (Å²) in [6.07, 6.45) is 1.63. The predicted octanol–water partition coefficient (Wildman–Crippen LogP) is 2.23. The number of nitrogens with one attached hydrogen (secondary N) is 1. The Balaban J connectivity index is 2.01. The van der Waals surface area contributed by atoms with E-state index in [1.807, 2.05) is 6.07 Å². The summed E-state index contributed by atoms with van der Waals surface area (Å²) in [6, 6.07) is 10.9. The largest absolute Gasteiger partial charge is 0.347 e. The number of aromatic nitrogens is 1. The summed E-state index contributed by atoms with van der Waals surface area (Å²) in [5.41, 5.74) is 0.703. The number of benzene rings is 1. The Hall–Kier alpha value is -1.96. The van der Waals surface area contributed by atoms with Crippen LogP contribution >= 0.6 is 11.6 Å². The summed E-state index contributed by atoms with van der Waals surface area (Å²) in [7, 11) is -2.40. The van der Waals surface area contributed by atoms with Crippen LogP contribution in [-0.2, 0) is 14.8 Å². The first kappa shape index (κ1) is 18.4. The Morgan fingerprint density at radius 3 is 2.50 bits per heavy atom. The first-order chi connectivity index (χ1) is 11.3. The lowest BCUT2D eigenvalue weighted by atomic mass is 10.2. The molecule has 0 fully saturated rings. The molecule has 1 N–H and O–H groups in total. The van der Waals surface area contributed by atoms with Crippen molar-refractivity contribution in [2.45, 2.75) is 17.9 Å². The zero-order valence-corrected chi connectivity index (χ0v) is 14.9. The van der Waals surface area contributed by atoms with Gasteiger partial charge in [-0.2, -0.15) is 4.31 Å². The van der Waals surface area contributed by atoms with Crippen LogP contribution in [0, 0.1) is 0 Å². The number of carbonyl (C=O) groups is 1. The summed E-state index contributed by atoms with van der Waals surface area (Å²) in [4.78, 5) is 16.3. The lowest BCUT2D eigenvalue weighted by Gasteiger charge is -2.19.